The van der Waals surface area contributed by atoms with Crippen LogP contribution in [0.15, 0.2) is 29.2 Å². The van der Waals surface area contributed by atoms with Gasteiger partial charge in [0.15, 0.2) is 0 Å². The molecule has 0 amide bonds. The number of anilines is 1. The molecule has 0 saturated heterocycles. The molecule has 2 N–H and O–H groups in total. The van der Waals surface area contributed by atoms with Crippen molar-refractivity contribution in [3.63, 3.8) is 0 Å². The molecule has 112 valence electrons. The van der Waals surface area contributed by atoms with Crippen molar-refractivity contribution in [3.8, 4) is 11.4 Å². The van der Waals surface area contributed by atoms with Crippen LogP contribution in [0.1, 0.15) is 19.5 Å². The molecule has 6 nitrogen and oxygen atoms in total. The fourth-order valence-electron chi connectivity index (χ4n) is 2.07. The van der Waals surface area contributed by atoms with Crippen LogP contribution < -0.4 is 10.5 Å². The summed E-state index contributed by atoms with van der Waals surface area (Å²) in [6.07, 6.45) is 1.96. The summed E-state index contributed by atoms with van der Waals surface area (Å²) in [4.78, 5) is 24.9. The predicted octanol–water partition coefficient (Wildman–Crippen LogP) is 1.21. The Hall–Kier alpha value is -2.21. The SMILES string of the molecule is CCc1cc(=O)[nH]c(-c2ccc(N(C)CC(C)O)nc2)n1. The summed E-state index contributed by atoms with van der Waals surface area (Å²) in [5, 5.41) is 9.39. The molecule has 2 rings (SSSR count). The van der Waals surface area contributed by atoms with Gasteiger partial charge in [0.25, 0.3) is 5.56 Å². The molecule has 0 fully saturated rings. The number of hydrogen-bond donors (Lipinski definition) is 2. The van der Waals surface area contributed by atoms with Crippen LogP contribution in [0.2, 0.25) is 0 Å². The lowest BCUT2D eigenvalue weighted by Gasteiger charge is -2.19. The summed E-state index contributed by atoms with van der Waals surface area (Å²) in [6.45, 7) is 4.19. The number of pyridine rings is 1. The summed E-state index contributed by atoms with van der Waals surface area (Å²) in [7, 11) is 1.87. The topological polar surface area (TPSA) is 82.1 Å². The molecule has 1 atom stereocenters. The van der Waals surface area contributed by atoms with E-state index in [-0.39, 0.29) is 5.56 Å². The van der Waals surface area contributed by atoms with Crippen LogP contribution in [-0.2, 0) is 6.42 Å². The largest absolute Gasteiger partial charge is 0.392 e. The summed E-state index contributed by atoms with van der Waals surface area (Å²) in [6, 6.07) is 5.20. The third kappa shape index (κ3) is 3.88. The fraction of sp³-hybridized carbons (Fsp3) is 0.400. The van der Waals surface area contributed by atoms with E-state index < -0.39 is 6.10 Å². The first-order valence-electron chi connectivity index (χ1n) is 6.95. The second kappa shape index (κ2) is 6.49. The molecule has 0 aliphatic heterocycles. The van der Waals surface area contributed by atoms with Gasteiger partial charge in [-0.3, -0.25) is 4.79 Å². The molecule has 0 radical (unpaired) electrons. The van der Waals surface area contributed by atoms with Crippen LogP contribution in [0.3, 0.4) is 0 Å². The zero-order valence-electron chi connectivity index (χ0n) is 12.5. The first-order chi connectivity index (χ1) is 9.99. The van der Waals surface area contributed by atoms with Gasteiger partial charge in [0.05, 0.1) is 6.10 Å². The second-order valence-electron chi connectivity index (χ2n) is 5.07. The standard InChI is InChI=1S/C15H20N4O2/c1-4-12-7-14(21)18-15(17-12)11-5-6-13(16-8-11)19(3)9-10(2)20/h5-8,10,20H,4,9H2,1-3H3,(H,17,18,21). The molecule has 2 aromatic heterocycles. The minimum absolute atomic E-state index is 0.160. The number of hydrogen-bond acceptors (Lipinski definition) is 5. The average molecular weight is 288 g/mol. The number of aliphatic hydroxyl groups excluding tert-OH is 1. The molecule has 0 aliphatic rings. The Kier molecular flexibility index (Phi) is 4.70. The number of nitrogens with zero attached hydrogens (tertiary/aromatic N) is 3. The molecule has 6 heteroatoms. The van der Waals surface area contributed by atoms with Gasteiger partial charge in [0.2, 0.25) is 0 Å². The maximum absolute atomic E-state index is 11.6. The van der Waals surface area contributed by atoms with Gasteiger partial charge in [0, 0.05) is 37.1 Å². The van der Waals surface area contributed by atoms with Gasteiger partial charge >= 0.3 is 0 Å². The Morgan fingerprint density at radius 3 is 2.76 bits per heavy atom. The van der Waals surface area contributed by atoms with Crippen LogP contribution in [0.5, 0.6) is 0 Å². The zero-order valence-corrected chi connectivity index (χ0v) is 12.5. The number of nitrogens with one attached hydrogen (secondary N) is 1. The second-order valence-corrected chi connectivity index (χ2v) is 5.07. The minimum Gasteiger partial charge on any atom is -0.392 e. The highest BCUT2D eigenvalue weighted by molar-refractivity contribution is 5.56. The first-order valence-corrected chi connectivity index (χ1v) is 6.95. The number of rotatable bonds is 5. The van der Waals surface area contributed by atoms with Crippen LogP contribution in [0.25, 0.3) is 11.4 Å². The van der Waals surface area contributed by atoms with Gasteiger partial charge in [-0.2, -0.15) is 0 Å². The number of aryl methyl sites for hydroxylation is 1. The van der Waals surface area contributed by atoms with E-state index in [9.17, 15) is 9.90 Å². The lowest BCUT2D eigenvalue weighted by Crippen LogP contribution is -2.27. The third-order valence-electron chi connectivity index (χ3n) is 3.11. The van der Waals surface area contributed by atoms with E-state index in [4.69, 9.17) is 0 Å². The van der Waals surface area contributed by atoms with Crippen molar-refractivity contribution in [2.24, 2.45) is 0 Å². The van der Waals surface area contributed by atoms with Crippen molar-refractivity contribution in [2.45, 2.75) is 26.4 Å². The van der Waals surface area contributed by atoms with Crippen molar-refractivity contribution in [2.75, 3.05) is 18.5 Å². The molecule has 2 heterocycles. The quantitative estimate of drug-likeness (QED) is 0.864. The maximum Gasteiger partial charge on any atom is 0.251 e. The number of aliphatic hydroxyl groups is 1. The maximum atomic E-state index is 11.6. The van der Waals surface area contributed by atoms with Gasteiger partial charge in [0.1, 0.15) is 11.6 Å². The monoisotopic (exact) mass is 288 g/mol. The molecule has 0 aliphatic carbocycles. The minimum atomic E-state index is -0.421. The molecule has 0 bridgehead atoms. The van der Waals surface area contributed by atoms with E-state index in [0.29, 0.717) is 18.8 Å². The van der Waals surface area contributed by atoms with E-state index in [0.717, 1.165) is 17.1 Å². The zero-order chi connectivity index (χ0) is 15.4. The smallest absolute Gasteiger partial charge is 0.251 e. The fourth-order valence-corrected chi connectivity index (χ4v) is 2.07. The molecular weight excluding hydrogens is 268 g/mol. The summed E-state index contributed by atoms with van der Waals surface area (Å²) < 4.78 is 0. The van der Waals surface area contributed by atoms with Gasteiger partial charge < -0.3 is 15.0 Å². The Balaban J connectivity index is 2.26. The van der Waals surface area contributed by atoms with Crippen LogP contribution in [-0.4, -0.2) is 39.8 Å². The number of likely N-dealkylation sites (N-methyl/N-ethyl adjacent to an activating group) is 1. The molecule has 1 unspecified atom stereocenters. The Morgan fingerprint density at radius 1 is 1.43 bits per heavy atom. The first kappa shape index (κ1) is 15.2. The van der Waals surface area contributed by atoms with Gasteiger partial charge in [-0.15, -0.1) is 0 Å². The van der Waals surface area contributed by atoms with Crippen LogP contribution >= 0.6 is 0 Å². The van der Waals surface area contributed by atoms with Crippen molar-refractivity contribution in [1.82, 2.24) is 15.0 Å². The van der Waals surface area contributed by atoms with E-state index in [1.54, 1.807) is 13.1 Å². The summed E-state index contributed by atoms with van der Waals surface area (Å²) in [5.74, 6) is 1.28. The van der Waals surface area contributed by atoms with E-state index in [1.807, 2.05) is 31.0 Å². The predicted molar refractivity (Wildman–Crippen MR) is 82.4 cm³/mol. The Labute approximate surface area is 123 Å². The molecule has 0 saturated carbocycles. The van der Waals surface area contributed by atoms with E-state index in [1.165, 1.54) is 6.07 Å². The van der Waals surface area contributed by atoms with Crippen LogP contribution in [0.4, 0.5) is 5.82 Å². The highest BCUT2D eigenvalue weighted by Crippen LogP contribution is 2.16. The summed E-state index contributed by atoms with van der Waals surface area (Å²) in [5.41, 5.74) is 1.35. The lowest BCUT2D eigenvalue weighted by atomic mass is 10.2. The molecule has 21 heavy (non-hydrogen) atoms. The van der Waals surface area contributed by atoms with E-state index >= 15 is 0 Å². The Morgan fingerprint density at radius 2 is 2.19 bits per heavy atom. The van der Waals surface area contributed by atoms with Gasteiger partial charge in [-0.25, -0.2) is 9.97 Å². The van der Waals surface area contributed by atoms with E-state index in [2.05, 4.69) is 15.0 Å². The normalized spacial score (nSPS) is 12.2. The third-order valence-corrected chi connectivity index (χ3v) is 3.11. The van der Waals surface area contributed by atoms with Crippen molar-refractivity contribution >= 4 is 5.82 Å². The van der Waals surface area contributed by atoms with Crippen molar-refractivity contribution in [1.29, 1.82) is 0 Å². The highest BCUT2D eigenvalue weighted by Gasteiger charge is 2.08. The van der Waals surface area contributed by atoms with Crippen LogP contribution in [0, 0.1) is 0 Å². The van der Waals surface area contributed by atoms with Gasteiger partial charge in [-0.1, -0.05) is 6.92 Å². The molecule has 2 aromatic rings. The number of aromatic nitrogens is 3. The van der Waals surface area contributed by atoms with Gasteiger partial charge in [-0.05, 0) is 25.5 Å². The molecule has 0 aromatic carbocycles. The molecule has 0 spiro atoms. The number of H-pyrrole nitrogens is 1. The lowest BCUT2D eigenvalue weighted by molar-refractivity contribution is 0.201. The Bertz CT molecular complexity index is 649. The molecular formula is C15H20N4O2. The highest BCUT2D eigenvalue weighted by atomic mass is 16.3. The number of aromatic amines is 1. The average Bonchev–Trinajstić information content (AvgIpc) is 2.46. The van der Waals surface area contributed by atoms with Crippen molar-refractivity contribution < 1.29 is 5.11 Å². The summed E-state index contributed by atoms with van der Waals surface area (Å²) >= 11 is 0. The van der Waals surface area contributed by atoms with Crippen molar-refractivity contribution in [3.05, 3.63) is 40.4 Å².